The van der Waals surface area contributed by atoms with Gasteiger partial charge < -0.3 is 10.1 Å². The number of ether oxygens (including phenoxy) is 1. The Bertz CT molecular complexity index is 762. The van der Waals surface area contributed by atoms with E-state index in [0.29, 0.717) is 22.1 Å². The van der Waals surface area contributed by atoms with Crippen molar-refractivity contribution < 1.29 is 14.3 Å². The number of nitrogens with zero attached hydrogens (tertiary/aromatic N) is 1. The van der Waals surface area contributed by atoms with Crippen LogP contribution in [0.25, 0.3) is 0 Å². The number of para-hydroxylation sites is 2. The van der Waals surface area contributed by atoms with E-state index in [1.165, 1.54) is 18.9 Å². The van der Waals surface area contributed by atoms with Gasteiger partial charge >= 0.3 is 0 Å². The zero-order chi connectivity index (χ0) is 17.7. The van der Waals surface area contributed by atoms with Crippen LogP contribution in [0.3, 0.4) is 0 Å². The summed E-state index contributed by atoms with van der Waals surface area (Å²) in [5.74, 6) is -0.0495. The molecule has 5 nitrogen and oxygen atoms in total. The predicted molar refractivity (Wildman–Crippen MR) is 95.8 cm³/mol. The van der Waals surface area contributed by atoms with Crippen molar-refractivity contribution in [1.29, 1.82) is 0 Å². The van der Waals surface area contributed by atoms with E-state index in [0.717, 1.165) is 5.56 Å². The molecule has 2 aromatic rings. The molecule has 2 aromatic carbocycles. The monoisotopic (exact) mass is 346 g/mol. The number of rotatable bonds is 5. The third-order valence-corrected chi connectivity index (χ3v) is 3.92. The van der Waals surface area contributed by atoms with Crippen molar-refractivity contribution in [2.24, 2.45) is 0 Å². The Kier molecular flexibility index (Phi) is 5.82. The Labute approximate surface area is 146 Å². The molecule has 1 N–H and O–H groups in total. The largest absolute Gasteiger partial charge is 0.495 e. The highest BCUT2D eigenvalue weighted by Gasteiger charge is 2.19. The first-order chi connectivity index (χ1) is 11.4. The number of halogens is 1. The number of carbonyl (C=O) groups is 2. The number of amides is 2. The quantitative estimate of drug-likeness (QED) is 0.899. The van der Waals surface area contributed by atoms with Crippen molar-refractivity contribution >= 4 is 34.8 Å². The van der Waals surface area contributed by atoms with Gasteiger partial charge in [0, 0.05) is 17.6 Å². The number of hydrogen-bond donors (Lipinski definition) is 1. The number of anilines is 2. The van der Waals surface area contributed by atoms with E-state index in [4.69, 9.17) is 16.3 Å². The van der Waals surface area contributed by atoms with Crippen LogP contribution in [0.15, 0.2) is 42.5 Å². The van der Waals surface area contributed by atoms with E-state index in [1.807, 2.05) is 13.0 Å². The van der Waals surface area contributed by atoms with Gasteiger partial charge in [0.2, 0.25) is 11.8 Å². The fourth-order valence-corrected chi connectivity index (χ4v) is 2.41. The molecule has 24 heavy (non-hydrogen) atoms. The number of hydrogen-bond acceptors (Lipinski definition) is 3. The second kappa shape index (κ2) is 7.84. The summed E-state index contributed by atoms with van der Waals surface area (Å²) in [6.45, 7) is 3.16. The van der Waals surface area contributed by atoms with Crippen LogP contribution in [0, 0.1) is 6.92 Å². The molecule has 0 saturated carbocycles. The van der Waals surface area contributed by atoms with Gasteiger partial charge in [0.15, 0.2) is 0 Å². The zero-order valence-corrected chi connectivity index (χ0v) is 14.6. The Morgan fingerprint density at radius 1 is 1.21 bits per heavy atom. The molecule has 0 atom stereocenters. The van der Waals surface area contributed by atoms with Crippen molar-refractivity contribution in [3.63, 3.8) is 0 Å². The Morgan fingerprint density at radius 3 is 2.54 bits per heavy atom. The Hall–Kier alpha value is -2.53. The van der Waals surface area contributed by atoms with Crippen molar-refractivity contribution in [3.05, 3.63) is 53.1 Å². The average molecular weight is 347 g/mol. The van der Waals surface area contributed by atoms with Gasteiger partial charge in [0.25, 0.3) is 0 Å². The summed E-state index contributed by atoms with van der Waals surface area (Å²) >= 11 is 6.06. The molecular weight excluding hydrogens is 328 g/mol. The molecule has 0 fully saturated rings. The fourth-order valence-electron chi connectivity index (χ4n) is 2.23. The molecule has 6 heteroatoms. The van der Waals surface area contributed by atoms with E-state index in [2.05, 4.69) is 5.32 Å². The second-order valence-corrected chi connectivity index (χ2v) is 5.70. The molecule has 0 aliphatic heterocycles. The van der Waals surface area contributed by atoms with E-state index in [9.17, 15) is 9.59 Å². The molecule has 0 spiro atoms. The van der Waals surface area contributed by atoms with Crippen molar-refractivity contribution in [3.8, 4) is 5.75 Å². The fraction of sp³-hybridized carbons (Fsp3) is 0.222. The van der Waals surface area contributed by atoms with Gasteiger partial charge in [-0.15, -0.1) is 0 Å². The molecule has 0 aromatic heterocycles. The zero-order valence-electron chi connectivity index (χ0n) is 13.8. The maximum atomic E-state index is 12.3. The van der Waals surface area contributed by atoms with Gasteiger partial charge in [-0.25, -0.2) is 0 Å². The summed E-state index contributed by atoms with van der Waals surface area (Å²) < 4.78 is 5.26. The summed E-state index contributed by atoms with van der Waals surface area (Å²) in [5, 5.41) is 3.31. The Balaban J connectivity index is 2.17. The normalized spacial score (nSPS) is 10.2. The lowest BCUT2D eigenvalue weighted by atomic mass is 10.2. The number of nitrogens with one attached hydrogen (secondary N) is 1. The minimum atomic E-state index is -0.323. The van der Waals surface area contributed by atoms with Gasteiger partial charge in [-0.1, -0.05) is 29.8 Å². The highest BCUT2D eigenvalue weighted by Crippen LogP contribution is 2.27. The SMILES string of the molecule is COc1ccccc1N(CC(=O)Nc1ccc(C)c(Cl)c1)C(C)=O. The molecule has 126 valence electrons. The van der Waals surface area contributed by atoms with Crippen LogP contribution in [-0.4, -0.2) is 25.5 Å². The first-order valence-electron chi connectivity index (χ1n) is 7.39. The number of carbonyl (C=O) groups excluding carboxylic acids is 2. The average Bonchev–Trinajstić information content (AvgIpc) is 2.56. The maximum absolute atomic E-state index is 12.3. The summed E-state index contributed by atoms with van der Waals surface area (Å²) in [6, 6.07) is 12.3. The highest BCUT2D eigenvalue weighted by molar-refractivity contribution is 6.31. The van der Waals surface area contributed by atoms with Gasteiger partial charge in [-0.05, 0) is 36.8 Å². The highest BCUT2D eigenvalue weighted by atomic mass is 35.5. The number of aryl methyl sites for hydroxylation is 1. The van der Waals surface area contributed by atoms with E-state index >= 15 is 0 Å². The first-order valence-corrected chi connectivity index (χ1v) is 7.77. The van der Waals surface area contributed by atoms with Crippen molar-refractivity contribution in [2.45, 2.75) is 13.8 Å². The van der Waals surface area contributed by atoms with E-state index in [1.54, 1.807) is 36.4 Å². The van der Waals surface area contributed by atoms with E-state index < -0.39 is 0 Å². The number of benzene rings is 2. The van der Waals surface area contributed by atoms with Gasteiger partial charge in [-0.3, -0.25) is 14.5 Å². The molecule has 0 radical (unpaired) electrons. The summed E-state index contributed by atoms with van der Waals surface area (Å²) in [7, 11) is 1.52. The summed E-state index contributed by atoms with van der Waals surface area (Å²) in [5.41, 5.74) is 2.05. The molecule has 0 aliphatic carbocycles. The van der Waals surface area contributed by atoms with Crippen LogP contribution >= 0.6 is 11.6 Å². The van der Waals surface area contributed by atoms with Gasteiger partial charge in [-0.2, -0.15) is 0 Å². The minimum absolute atomic E-state index is 0.124. The van der Waals surface area contributed by atoms with E-state index in [-0.39, 0.29) is 18.4 Å². The van der Waals surface area contributed by atoms with Crippen LogP contribution in [0.4, 0.5) is 11.4 Å². The molecule has 0 heterocycles. The van der Waals surface area contributed by atoms with Crippen LogP contribution in [-0.2, 0) is 9.59 Å². The minimum Gasteiger partial charge on any atom is -0.495 e. The lowest BCUT2D eigenvalue weighted by Crippen LogP contribution is -2.36. The topological polar surface area (TPSA) is 58.6 Å². The third kappa shape index (κ3) is 4.26. The van der Waals surface area contributed by atoms with Crippen LogP contribution in [0.1, 0.15) is 12.5 Å². The van der Waals surface area contributed by atoms with Crippen LogP contribution in [0.5, 0.6) is 5.75 Å². The smallest absolute Gasteiger partial charge is 0.244 e. The van der Waals surface area contributed by atoms with Gasteiger partial charge in [0.1, 0.15) is 12.3 Å². The third-order valence-electron chi connectivity index (χ3n) is 3.51. The molecule has 0 unspecified atom stereocenters. The van der Waals surface area contributed by atoms with Crippen molar-refractivity contribution in [1.82, 2.24) is 0 Å². The maximum Gasteiger partial charge on any atom is 0.244 e. The Morgan fingerprint density at radius 2 is 1.92 bits per heavy atom. The van der Waals surface area contributed by atoms with Gasteiger partial charge in [0.05, 0.1) is 12.8 Å². The van der Waals surface area contributed by atoms with Crippen LogP contribution < -0.4 is 15.0 Å². The van der Waals surface area contributed by atoms with Crippen molar-refractivity contribution in [2.75, 3.05) is 23.9 Å². The molecule has 0 bridgehead atoms. The standard InChI is InChI=1S/C18H19ClN2O3/c1-12-8-9-14(10-15(12)19)20-18(23)11-21(13(2)22)16-6-4-5-7-17(16)24-3/h4-10H,11H2,1-3H3,(H,20,23). The lowest BCUT2D eigenvalue weighted by Gasteiger charge is -2.22. The second-order valence-electron chi connectivity index (χ2n) is 5.29. The molecular formula is C18H19ClN2O3. The van der Waals surface area contributed by atoms with Crippen LogP contribution in [0.2, 0.25) is 5.02 Å². The number of methoxy groups -OCH3 is 1. The molecule has 0 aliphatic rings. The summed E-state index contributed by atoms with van der Waals surface area (Å²) in [4.78, 5) is 25.6. The first kappa shape index (κ1) is 17.8. The molecule has 2 rings (SSSR count). The summed E-state index contributed by atoms with van der Waals surface area (Å²) in [6.07, 6.45) is 0. The molecule has 2 amide bonds. The molecule has 0 saturated heterocycles. The lowest BCUT2D eigenvalue weighted by molar-refractivity contribution is -0.120. The predicted octanol–water partition coefficient (Wildman–Crippen LogP) is 3.65.